The summed E-state index contributed by atoms with van der Waals surface area (Å²) >= 11 is 7.47. The first-order valence-corrected chi connectivity index (χ1v) is 9.70. The van der Waals surface area contributed by atoms with Crippen LogP contribution >= 0.6 is 23.4 Å². The van der Waals surface area contributed by atoms with E-state index < -0.39 is 0 Å². The lowest BCUT2D eigenvalue weighted by molar-refractivity contribution is -0.144. The first kappa shape index (κ1) is 19.1. The molecule has 1 aromatic carbocycles. The van der Waals surface area contributed by atoms with Crippen LogP contribution in [0.4, 0.5) is 0 Å². The summed E-state index contributed by atoms with van der Waals surface area (Å²) in [5.74, 6) is 1.57. The van der Waals surface area contributed by atoms with Crippen LogP contribution in [0.5, 0.6) is 0 Å². The Balaban J connectivity index is 1.73. The van der Waals surface area contributed by atoms with Gasteiger partial charge in [-0.3, -0.25) is 9.59 Å². The molecule has 1 heterocycles. The molecule has 0 aliphatic carbocycles. The highest BCUT2D eigenvalue weighted by atomic mass is 35.5. The third kappa shape index (κ3) is 5.42. The van der Waals surface area contributed by atoms with Gasteiger partial charge in [-0.1, -0.05) is 44.5 Å². The van der Waals surface area contributed by atoms with E-state index >= 15 is 0 Å². The molecule has 132 valence electrons. The minimum atomic E-state index is -0.361. The second-order valence-corrected chi connectivity index (χ2v) is 8.46. The van der Waals surface area contributed by atoms with Crippen molar-refractivity contribution in [1.29, 1.82) is 0 Å². The normalized spacial score (nSPS) is 15.5. The molecule has 2 amide bonds. The summed E-state index contributed by atoms with van der Waals surface area (Å²) in [7, 11) is 0. The van der Waals surface area contributed by atoms with E-state index in [1.54, 1.807) is 11.8 Å². The summed E-state index contributed by atoms with van der Waals surface area (Å²) in [5, 5.41) is 0.725. The number of piperazine rings is 1. The van der Waals surface area contributed by atoms with Crippen LogP contribution in [-0.4, -0.2) is 53.5 Å². The van der Waals surface area contributed by atoms with Gasteiger partial charge < -0.3 is 9.80 Å². The van der Waals surface area contributed by atoms with Gasteiger partial charge in [0.25, 0.3) is 0 Å². The lowest BCUT2D eigenvalue weighted by Gasteiger charge is -2.37. The second kappa shape index (κ2) is 8.26. The van der Waals surface area contributed by atoms with Crippen LogP contribution in [0.1, 0.15) is 26.3 Å². The Labute approximate surface area is 153 Å². The molecule has 1 saturated heterocycles. The van der Waals surface area contributed by atoms with Gasteiger partial charge in [0.2, 0.25) is 11.8 Å². The molecular weight excluding hydrogens is 344 g/mol. The molecule has 0 radical (unpaired) electrons. The fraction of sp³-hybridized carbons (Fsp3) is 0.556. The first-order valence-electron chi connectivity index (χ1n) is 8.17. The molecule has 0 unspecified atom stereocenters. The standard InChI is InChI=1S/C18H25ClN2O2S/c1-18(2,3)17(23)21-10-8-20(9-11-21)16(22)13-24-12-14-4-6-15(19)7-5-14/h4-7H,8-13H2,1-3H3. The third-order valence-corrected chi connectivity index (χ3v) is 5.21. The zero-order valence-corrected chi connectivity index (χ0v) is 16.1. The molecule has 1 aromatic rings. The summed E-state index contributed by atoms with van der Waals surface area (Å²) in [5.41, 5.74) is 0.804. The van der Waals surface area contributed by atoms with Gasteiger partial charge in [-0.15, -0.1) is 11.8 Å². The van der Waals surface area contributed by atoms with E-state index in [4.69, 9.17) is 11.6 Å². The summed E-state index contributed by atoms with van der Waals surface area (Å²) < 4.78 is 0. The van der Waals surface area contributed by atoms with E-state index in [0.717, 1.165) is 16.3 Å². The molecule has 0 aromatic heterocycles. The number of thioether (sulfide) groups is 1. The van der Waals surface area contributed by atoms with Gasteiger partial charge in [0.05, 0.1) is 5.75 Å². The molecule has 0 spiro atoms. The lowest BCUT2D eigenvalue weighted by Crippen LogP contribution is -2.53. The second-order valence-electron chi connectivity index (χ2n) is 7.04. The van der Waals surface area contributed by atoms with E-state index in [2.05, 4.69) is 0 Å². The van der Waals surface area contributed by atoms with Crippen molar-refractivity contribution in [2.45, 2.75) is 26.5 Å². The number of hydrogen-bond acceptors (Lipinski definition) is 3. The van der Waals surface area contributed by atoms with Crippen molar-refractivity contribution in [2.75, 3.05) is 31.9 Å². The first-order chi connectivity index (χ1) is 11.3. The number of amides is 2. The Hall–Kier alpha value is -1.20. The molecule has 0 bridgehead atoms. The summed E-state index contributed by atoms with van der Waals surface area (Å²) in [6.07, 6.45) is 0. The van der Waals surface area contributed by atoms with Crippen molar-refractivity contribution in [3.05, 3.63) is 34.9 Å². The number of carbonyl (C=O) groups is 2. The number of nitrogens with zero attached hydrogens (tertiary/aromatic N) is 2. The number of hydrogen-bond donors (Lipinski definition) is 0. The van der Waals surface area contributed by atoms with Crippen molar-refractivity contribution < 1.29 is 9.59 Å². The quantitative estimate of drug-likeness (QED) is 0.818. The Morgan fingerprint density at radius 3 is 2.12 bits per heavy atom. The molecule has 0 atom stereocenters. The van der Waals surface area contributed by atoms with Gasteiger partial charge in [0.15, 0.2) is 0 Å². The third-order valence-electron chi connectivity index (χ3n) is 3.97. The monoisotopic (exact) mass is 368 g/mol. The fourth-order valence-electron chi connectivity index (χ4n) is 2.56. The van der Waals surface area contributed by atoms with Gasteiger partial charge in [0.1, 0.15) is 0 Å². The molecule has 4 nitrogen and oxygen atoms in total. The zero-order valence-electron chi connectivity index (χ0n) is 14.5. The highest BCUT2D eigenvalue weighted by Gasteiger charge is 2.30. The molecule has 1 aliphatic rings. The predicted octanol–water partition coefficient (Wildman–Crippen LogP) is 3.29. The van der Waals surface area contributed by atoms with Crippen molar-refractivity contribution in [3.8, 4) is 0 Å². The number of rotatable bonds is 4. The van der Waals surface area contributed by atoms with E-state index in [1.807, 2.05) is 54.8 Å². The van der Waals surface area contributed by atoms with Crippen LogP contribution in [0.2, 0.25) is 5.02 Å². The molecule has 0 saturated carbocycles. The summed E-state index contributed by atoms with van der Waals surface area (Å²) in [4.78, 5) is 28.3. The van der Waals surface area contributed by atoms with Crippen LogP contribution in [0.25, 0.3) is 0 Å². The Bertz CT molecular complexity index is 576. The van der Waals surface area contributed by atoms with Crippen molar-refractivity contribution in [3.63, 3.8) is 0 Å². The lowest BCUT2D eigenvalue weighted by atomic mass is 9.94. The van der Waals surface area contributed by atoms with E-state index in [0.29, 0.717) is 31.9 Å². The SMILES string of the molecule is CC(C)(C)C(=O)N1CCN(C(=O)CSCc2ccc(Cl)cc2)CC1. The van der Waals surface area contributed by atoms with Gasteiger partial charge in [-0.25, -0.2) is 0 Å². The molecule has 1 aliphatic heterocycles. The summed E-state index contributed by atoms with van der Waals surface area (Å²) in [6.45, 7) is 8.30. The van der Waals surface area contributed by atoms with Crippen LogP contribution < -0.4 is 0 Å². The van der Waals surface area contributed by atoms with Crippen LogP contribution in [0.15, 0.2) is 24.3 Å². The minimum Gasteiger partial charge on any atom is -0.339 e. The highest BCUT2D eigenvalue weighted by Crippen LogP contribution is 2.19. The van der Waals surface area contributed by atoms with Crippen LogP contribution in [0.3, 0.4) is 0 Å². The van der Waals surface area contributed by atoms with E-state index in [-0.39, 0.29) is 17.2 Å². The van der Waals surface area contributed by atoms with Crippen molar-refractivity contribution in [1.82, 2.24) is 9.80 Å². The van der Waals surface area contributed by atoms with E-state index in [9.17, 15) is 9.59 Å². The molecule has 0 N–H and O–H groups in total. The fourth-order valence-corrected chi connectivity index (χ4v) is 3.57. The molecule has 1 fully saturated rings. The maximum Gasteiger partial charge on any atom is 0.232 e. The largest absolute Gasteiger partial charge is 0.339 e. The molecule has 6 heteroatoms. The van der Waals surface area contributed by atoms with Crippen molar-refractivity contribution >= 4 is 35.2 Å². The Kier molecular flexibility index (Phi) is 6.58. The number of benzene rings is 1. The number of halogens is 1. The highest BCUT2D eigenvalue weighted by molar-refractivity contribution is 7.99. The topological polar surface area (TPSA) is 40.6 Å². The number of carbonyl (C=O) groups excluding carboxylic acids is 2. The van der Waals surface area contributed by atoms with Gasteiger partial charge in [0, 0.05) is 42.4 Å². The maximum atomic E-state index is 12.3. The zero-order chi connectivity index (χ0) is 17.7. The van der Waals surface area contributed by atoms with E-state index in [1.165, 1.54) is 0 Å². The predicted molar refractivity (Wildman–Crippen MR) is 100 cm³/mol. The molecule has 2 rings (SSSR count). The van der Waals surface area contributed by atoms with Gasteiger partial charge in [-0.2, -0.15) is 0 Å². The van der Waals surface area contributed by atoms with Gasteiger partial charge >= 0.3 is 0 Å². The van der Waals surface area contributed by atoms with Crippen molar-refractivity contribution in [2.24, 2.45) is 5.41 Å². The average Bonchev–Trinajstić information content (AvgIpc) is 2.55. The minimum absolute atomic E-state index is 0.150. The molecule has 24 heavy (non-hydrogen) atoms. The Morgan fingerprint density at radius 2 is 1.58 bits per heavy atom. The summed E-state index contributed by atoms with van der Waals surface area (Å²) in [6, 6.07) is 7.70. The van der Waals surface area contributed by atoms with Crippen LogP contribution in [-0.2, 0) is 15.3 Å². The Morgan fingerprint density at radius 1 is 1.04 bits per heavy atom. The van der Waals surface area contributed by atoms with Crippen LogP contribution in [0, 0.1) is 5.41 Å². The molecular formula is C18H25ClN2O2S. The average molecular weight is 369 g/mol. The maximum absolute atomic E-state index is 12.3. The van der Waals surface area contributed by atoms with Gasteiger partial charge in [-0.05, 0) is 17.7 Å². The smallest absolute Gasteiger partial charge is 0.232 e.